The molecule has 0 N–H and O–H groups in total. The average Bonchev–Trinajstić information content (AvgIpc) is 3.38. The minimum absolute atomic E-state index is 1.17. The molecule has 0 radical (unpaired) electrons. The predicted octanol–water partition coefficient (Wildman–Crippen LogP) is 0.931. The highest BCUT2D eigenvalue weighted by atomic mass is 19.2. The Labute approximate surface area is 195 Å². The van der Waals surface area contributed by atoms with Crippen molar-refractivity contribution in [1.82, 2.24) is 0 Å². The van der Waals surface area contributed by atoms with Crippen LogP contribution in [-0.4, -0.2) is 0 Å². The van der Waals surface area contributed by atoms with Crippen molar-refractivity contribution in [3.8, 4) is 24.3 Å². The van der Waals surface area contributed by atoms with Crippen molar-refractivity contribution in [2.24, 2.45) is 0 Å². The Morgan fingerprint density at radius 3 is 0.917 bits per heavy atom. The van der Waals surface area contributed by atoms with E-state index < -0.39 is 100.0 Å². The minimum atomic E-state index is -1.79. The molecule has 0 spiro atoms. The largest absolute Gasteiger partial charge is 0.274 e. The first-order valence-electron chi connectivity index (χ1n) is 9.17. The van der Waals surface area contributed by atoms with E-state index in [1.165, 1.54) is 24.3 Å². The highest BCUT2D eigenvalue weighted by molar-refractivity contribution is 5.94. The second kappa shape index (κ2) is 7.89. The summed E-state index contributed by atoms with van der Waals surface area (Å²) < 4.78 is 92.9. The minimum Gasteiger partial charge on any atom is -0.226 e. The number of halogens is 6. The molecule has 0 saturated carbocycles. The van der Waals surface area contributed by atoms with Crippen LogP contribution in [0.5, 0.6) is 0 Å². The molecule has 0 saturated heterocycles. The maximum atomic E-state index is 15.5. The molecule has 1 aromatic carbocycles. The quantitative estimate of drug-likeness (QED) is 0.309. The smallest absolute Gasteiger partial charge is 0.226 e. The van der Waals surface area contributed by atoms with Crippen LogP contribution in [0.1, 0.15) is 0 Å². The third-order valence-electron chi connectivity index (χ3n) is 5.52. The fraction of sp³-hybridized carbons (Fsp3) is 0. The fourth-order valence-corrected chi connectivity index (χ4v) is 4.15. The van der Waals surface area contributed by atoms with Crippen molar-refractivity contribution in [3.05, 3.63) is 87.8 Å². The summed E-state index contributed by atoms with van der Waals surface area (Å²) in [7, 11) is 0. The molecule has 0 amide bonds. The van der Waals surface area contributed by atoms with Gasteiger partial charge in [-0.15, -0.1) is 0 Å². The van der Waals surface area contributed by atoms with Crippen LogP contribution in [0.4, 0.5) is 26.3 Å². The summed E-state index contributed by atoms with van der Waals surface area (Å²) >= 11 is 0. The SMILES string of the molecule is [C-]#[N+]/C(C#N)=C1/C(F)=c2c3c(c4c(c2=C1F)=C(F)/C(=C(/C#N)[N+]#[C-])C=4F)=C(F)C(=C(C#N)C#N)C=3F. The van der Waals surface area contributed by atoms with Crippen LogP contribution in [0.25, 0.3) is 44.7 Å². The van der Waals surface area contributed by atoms with Gasteiger partial charge in [-0.2, -0.15) is 10.5 Å². The van der Waals surface area contributed by atoms with Gasteiger partial charge in [-0.3, -0.25) is 0 Å². The van der Waals surface area contributed by atoms with E-state index in [0.29, 0.717) is 0 Å². The molecule has 1 aromatic rings. The number of hydrogen-bond donors (Lipinski definition) is 0. The van der Waals surface area contributed by atoms with E-state index in [1.807, 2.05) is 0 Å². The zero-order valence-electron chi connectivity index (χ0n) is 17.0. The Kier molecular flexibility index (Phi) is 5.12. The van der Waals surface area contributed by atoms with E-state index in [2.05, 4.69) is 9.69 Å². The molecule has 12 heteroatoms. The summed E-state index contributed by atoms with van der Waals surface area (Å²) in [5.41, 5.74) is -7.54. The molecule has 3 aliphatic carbocycles. The average molecular weight is 486 g/mol. The normalized spacial score (nSPS) is 17.8. The number of nitriles is 4. The molecular weight excluding hydrogens is 486 g/mol. The number of benzene rings is 1. The lowest BCUT2D eigenvalue weighted by Crippen LogP contribution is -2.64. The molecule has 0 bridgehead atoms. The van der Waals surface area contributed by atoms with E-state index in [-0.39, 0.29) is 0 Å². The predicted molar refractivity (Wildman–Crippen MR) is 108 cm³/mol. The van der Waals surface area contributed by atoms with Crippen molar-refractivity contribution in [3.63, 3.8) is 0 Å². The van der Waals surface area contributed by atoms with Crippen LogP contribution >= 0.6 is 0 Å². The van der Waals surface area contributed by atoms with Gasteiger partial charge < -0.3 is 0 Å². The lowest BCUT2D eigenvalue weighted by Gasteiger charge is -1.96. The molecule has 3 aliphatic rings. The maximum absolute atomic E-state index is 15.5. The van der Waals surface area contributed by atoms with Crippen molar-refractivity contribution < 1.29 is 26.3 Å². The number of allylic oxidation sites excluding steroid dienone is 6. The molecular formula is C24F6N6. The van der Waals surface area contributed by atoms with Gasteiger partial charge >= 0.3 is 0 Å². The van der Waals surface area contributed by atoms with E-state index in [4.69, 9.17) is 34.2 Å². The summed E-state index contributed by atoms with van der Waals surface area (Å²) in [5, 5.41) is 29.2. The lowest BCUT2D eigenvalue weighted by atomic mass is 10.1. The van der Waals surface area contributed by atoms with Crippen LogP contribution in [0.15, 0.2) is 33.7 Å². The first-order chi connectivity index (χ1) is 17.2. The van der Waals surface area contributed by atoms with Crippen molar-refractivity contribution >= 4 is 35.0 Å². The molecule has 0 fully saturated rings. The molecule has 0 heterocycles. The Morgan fingerprint density at radius 2 is 0.722 bits per heavy atom. The van der Waals surface area contributed by atoms with Gasteiger partial charge in [0, 0.05) is 31.3 Å². The second-order valence-corrected chi connectivity index (χ2v) is 7.00. The first kappa shape index (κ1) is 23.3. The zero-order valence-corrected chi connectivity index (χ0v) is 17.0. The monoisotopic (exact) mass is 486 g/mol. The molecule has 0 atom stereocenters. The van der Waals surface area contributed by atoms with E-state index in [0.717, 1.165) is 0 Å². The lowest BCUT2D eigenvalue weighted by molar-refractivity contribution is 0.723. The molecule has 6 nitrogen and oxygen atoms in total. The summed E-state index contributed by atoms with van der Waals surface area (Å²) in [6.07, 6.45) is 0. The van der Waals surface area contributed by atoms with E-state index >= 15 is 26.3 Å². The summed E-state index contributed by atoms with van der Waals surface area (Å²) in [4.78, 5) is 5.33. The third-order valence-corrected chi connectivity index (χ3v) is 5.52. The molecule has 168 valence electrons. The van der Waals surface area contributed by atoms with Crippen LogP contribution < -0.4 is 31.3 Å². The van der Waals surface area contributed by atoms with Crippen molar-refractivity contribution in [2.75, 3.05) is 0 Å². The molecule has 36 heavy (non-hydrogen) atoms. The number of rotatable bonds is 0. The summed E-state index contributed by atoms with van der Waals surface area (Å²) in [6.45, 7) is 14.0. The van der Waals surface area contributed by atoms with Crippen LogP contribution in [0.2, 0.25) is 0 Å². The van der Waals surface area contributed by atoms with Gasteiger partial charge in [0.1, 0.15) is 52.7 Å². The second-order valence-electron chi connectivity index (χ2n) is 7.00. The summed E-state index contributed by atoms with van der Waals surface area (Å²) in [6, 6.07) is 4.84. The van der Waals surface area contributed by atoms with Gasteiger partial charge in [0.2, 0.25) is 0 Å². The molecule has 0 aliphatic heterocycles. The van der Waals surface area contributed by atoms with Crippen molar-refractivity contribution in [1.29, 1.82) is 21.0 Å². The molecule has 4 rings (SSSR count). The standard InChI is InChI=1S/C24F6N6/c1-35-8(5-33)11-21(27)15-13-14(20(26)10(19(13)25)7(3-31)4-32)16-18(17(15)23(11)29)24(30)12(22(16)28)9(6-34)36-2/b11-8-,12-9-. The van der Waals surface area contributed by atoms with Crippen LogP contribution in [0, 0.1) is 58.5 Å². The number of hydrogen-bond acceptors (Lipinski definition) is 4. The van der Waals surface area contributed by atoms with Gasteiger partial charge in [0.15, 0.2) is 0 Å². The Balaban J connectivity index is 2.67. The highest BCUT2D eigenvalue weighted by Crippen LogP contribution is 2.32. The van der Waals surface area contributed by atoms with Gasteiger partial charge in [-0.1, -0.05) is 0 Å². The molecule has 0 unspecified atom stereocenters. The van der Waals surface area contributed by atoms with E-state index in [1.54, 1.807) is 0 Å². The fourth-order valence-electron chi connectivity index (χ4n) is 4.15. The zero-order chi connectivity index (χ0) is 26.6. The highest BCUT2D eigenvalue weighted by Gasteiger charge is 2.36. The summed E-state index contributed by atoms with van der Waals surface area (Å²) in [5.74, 6) is -10.7. The van der Waals surface area contributed by atoms with Crippen LogP contribution in [0.3, 0.4) is 0 Å². The number of nitrogens with zero attached hydrogens (tertiary/aromatic N) is 6. The Hall–Kier alpha value is -5.82. The van der Waals surface area contributed by atoms with Crippen molar-refractivity contribution in [2.45, 2.75) is 0 Å². The topological polar surface area (TPSA) is 104 Å². The maximum Gasteiger partial charge on any atom is 0.274 e. The number of fused-ring (bicyclic) bond motifs is 6. The molecule has 0 aromatic heterocycles. The van der Waals surface area contributed by atoms with Gasteiger partial charge in [-0.05, 0) is 0 Å². The Bertz CT molecular complexity index is 1720. The van der Waals surface area contributed by atoms with Crippen LogP contribution in [-0.2, 0) is 0 Å². The van der Waals surface area contributed by atoms with Gasteiger partial charge in [0.25, 0.3) is 11.4 Å². The van der Waals surface area contributed by atoms with Gasteiger partial charge in [-0.25, -0.2) is 46.6 Å². The van der Waals surface area contributed by atoms with E-state index in [9.17, 15) is 0 Å². The Morgan fingerprint density at radius 1 is 0.472 bits per heavy atom. The first-order valence-corrected chi connectivity index (χ1v) is 9.17. The van der Waals surface area contributed by atoms with Gasteiger partial charge in [0.05, 0.1) is 42.0 Å². The third kappa shape index (κ3) is 2.56.